The van der Waals surface area contributed by atoms with Crippen molar-refractivity contribution in [2.24, 2.45) is 0 Å². The summed E-state index contributed by atoms with van der Waals surface area (Å²) in [6.07, 6.45) is -4.80. The lowest BCUT2D eigenvalue weighted by atomic mass is 9.95. The van der Waals surface area contributed by atoms with E-state index in [0.29, 0.717) is 39.4 Å². The normalized spacial score (nSPS) is 12.1. The quantitative estimate of drug-likeness (QED) is 0.136. The van der Waals surface area contributed by atoms with Crippen LogP contribution in [-0.4, -0.2) is 9.97 Å². The molecule has 2 aliphatic carbocycles. The fourth-order valence-electron chi connectivity index (χ4n) is 6.29. The molecule has 6 nitrogen and oxygen atoms in total. The van der Waals surface area contributed by atoms with Crippen molar-refractivity contribution in [3.8, 4) is 69.0 Å². The molecule has 0 radical (unpaired) electrons. The molecular weight excluding hydrogens is 635 g/mol. The molecule has 4 aromatic carbocycles. The van der Waals surface area contributed by atoms with Crippen LogP contribution in [0, 0.1) is 63.9 Å². The van der Waals surface area contributed by atoms with E-state index in [2.05, 4.69) is 0 Å². The first-order valence-corrected chi connectivity index (χ1v) is 14.4. The maximum absolute atomic E-state index is 14.3. The SMILES string of the molecule is Cc1cc(F)cc(-c2ccc3c(c2)C(=C(C#N)C#N)c2nc4c(nc2-3)C(=C(C#N)C#N)c2cc(-c3cc(F)cc(C(F)(F)F)c3)ccc2-4)c1. The first-order valence-electron chi connectivity index (χ1n) is 14.4. The molecule has 5 aromatic rings. The second-order valence-corrected chi connectivity index (χ2v) is 11.3. The Hall–Kier alpha value is -6.95. The van der Waals surface area contributed by atoms with Crippen molar-refractivity contribution in [2.75, 3.05) is 0 Å². The van der Waals surface area contributed by atoms with Crippen molar-refractivity contribution in [1.82, 2.24) is 9.97 Å². The zero-order chi connectivity index (χ0) is 34.8. The fraction of sp³-hybridized carbons (Fsp3) is 0.0526. The van der Waals surface area contributed by atoms with Crippen molar-refractivity contribution >= 4 is 11.1 Å². The number of hydrogen-bond acceptors (Lipinski definition) is 6. The molecule has 0 bridgehead atoms. The van der Waals surface area contributed by atoms with Gasteiger partial charge in [-0.15, -0.1) is 0 Å². The van der Waals surface area contributed by atoms with Gasteiger partial charge in [0, 0.05) is 22.3 Å². The highest BCUT2D eigenvalue weighted by atomic mass is 19.4. The maximum atomic E-state index is 14.3. The minimum atomic E-state index is -4.80. The molecule has 0 amide bonds. The standard InChI is InChI=1S/C38H15F5N6/c1-18-6-21(9-26(39)7-18)19-2-4-28-30(11-19)32(23(14-44)15-45)36-34(28)48-37-33(24(16-46)17-47)31-12-20(3-5-29(31)35(37)49-36)22-8-25(38(41,42)43)13-27(40)10-22/h2-13H,1H3. The van der Waals surface area contributed by atoms with Crippen LogP contribution in [0.5, 0.6) is 0 Å². The van der Waals surface area contributed by atoms with Gasteiger partial charge in [0.25, 0.3) is 0 Å². The van der Waals surface area contributed by atoms with E-state index >= 15 is 0 Å². The Morgan fingerprint density at radius 2 is 0.980 bits per heavy atom. The zero-order valence-electron chi connectivity index (χ0n) is 25.0. The number of halogens is 5. The van der Waals surface area contributed by atoms with Gasteiger partial charge in [-0.3, -0.25) is 0 Å². The van der Waals surface area contributed by atoms with Gasteiger partial charge in [-0.25, -0.2) is 18.7 Å². The smallest absolute Gasteiger partial charge is 0.243 e. The molecule has 1 aromatic heterocycles. The number of allylic oxidation sites excluding steroid dienone is 2. The molecule has 2 aliphatic rings. The molecule has 0 saturated heterocycles. The van der Waals surface area contributed by atoms with E-state index in [9.17, 15) is 43.0 Å². The Kier molecular flexibility index (Phi) is 6.95. The van der Waals surface area contributed by atoms with Gasteiger partial charge in [0.15, 0.2) is 0 Å². The molecule has 0 N–H and O–H groups in total. The lowest BCUT2D eigenvalue weighted by molar-refractivity contribution is -0.137. The monoisotopic (exact) mass is 650 g/mol. The summed E-state index contributed by atoms with van der Waals surface area (Å²) in [4.78, 5) is 9.68. The summed E-state index contributed by atoms with van der Waals surface area (Å²) >= 11 is 0. The van der Waals surface area contributed by atoms with Crippen molar-refractivity contribution in [2.45, 2.75) is 13.1 Å². The van der Waals surface area contributed by atoms with Crippen LogP contribution in [0.25, 0.3) is 55.9 Å². The summed E-state index contributed by atoms with van der Waals surface area (Å²) < 4.78 is 69.1. The maximum Gasteiger partial charge on any atom is 0.416 e. The molecule has 0 saturated carbocycles. The number of fused-ring (bicyclic) bond motifs is 6. The van der Waals surface area contributed by atoms with Gasteiger partial charge in [-0.1, -0.05) is 30.3 Å². The predicted molar refractivity (Wildman–Crippen MR) is 168 cm³/mol. The van der Waals surface area contributed by atoms with Gasteiger partial charge in [0.2, 0.25) is 0 Å². The number of aromatic nitrogens is 2. The third kappa shape index (κ3) is 4.90. The third-order valence-corrected chi connectivity index (χ3v) is 8.34. The molecule has 1 heterocycles. The summed E-state index contributed by atoms with van der Waals surface area (Å²) in [6.45, 7) is 1.75. The van der Waals surface area contributed by atoms with Crippen LogP contribution in [0.1, 0.15) is 33.6 Å². The van der Waals surface area contributed by atoms with Crippen molar-refractivity contribution in [3.05, 3.63) is 129 Å². The van der Waals surface area contributed by atoms with Crippen molar-refractivity contribution < 1.29 is 22.0 Å². The first-order chi connectivity index (χ1) is 23.4. The van der Waals surface area contributed by atoms with Crippen LogP contribution in [0.15, 0.2) is 83.9 Å². The molecular formula is C38H15F5N6. The molecule has 0 atom stereocenters. The van der Waals surface area contributed by atoms with Gasteiger partial charge in [-0.05, 0) is 88.3 Å². The third-order valence-electron chi connectivity index (χ3n) is 8.34. The number of benzene rings is 4. The van der Waals surface area contributed by atoms with Crippen molar-refractivity contribution in [1.29, 1.82) is 21.0 Å². The van der Waals surface area contributed by atoms with Crippen LogP contribution in [-0.2, 0) is 6.18 Å². The van der Waals surface area contributed by atoms with Gasteiger partial charge >= 0.3 is 6.18 Å². The lowest BCUT2D eigenvalue weighted by Gasteiger charge is -2.11. The Morgan fingerprint density at radius 1 is 0.531 bits per heavy atom. The van der Waals surface area contributed by atoms with E-state index < -0.39 is 23.4 Å². The fourth-order valence-corrected chi connectivity index (χ4v) is 6.29. The average Bonchev–Trinajstić information content (AvgIpc) is 3.55. The van der Waals surface area contributed by atoms with Gasteiger partial charge < -0.3 is 0 Å². The number of nitrogens with zero attached hydrogens (tertiary/aromatic N) is 6. The Bertz CT molecular complexity index is 2520. The largest absolute Gasteiger partial charge is 0.416 e. The van der Waals surface area contributed by atoms with Crippen LogP contribution in [0.2, 0.25) is 0 Å². The Balaban J connectivity index is 1.47. The van der Waals surface area contributed by atoms with E-state index in [1.54, 1.807) is 31.2 Å². The van der Waals surface area contributed by atoms with Crippen LogP contribution in [0.3, 0.4) is 0 Å². The van der Waals surface area contributed by atoms with Crippen LogP contribution < -0.4 is 0 Å². The van der Waals surface area contributed by atoms with E-state index in [0.717, 1.165) is 12.1 Å². The summed E-state index contributed by atoms with van der Waals surface area (Å²) in [7, 11) is 0. The number of alkyl halides is 3. The summed E-state index contributed by atoms with van der Waals surface area (Å²) in [5.74, 6) is -1.53. The minimum Gasteiger partial charge on any atom is -0.243 e. The second kappa shape index (κ2) is 11.1. The molecule has 0 fully saturated rings. The average molecular weight is 651 g/mol. The summed E-state index contributed by atoms with van der Waals surface area (Å²) in [5.41, 5.74) is 2.80. The highest BCUT2D eigenvalue weighted by molar-refractivity contribution is 6.07. The molecule has 0 aliphatic heterocycles. The van der Waals surface area contributed by atoms with E-state index in [1.807, 2.05) is 24.3 Å². The highest BCUT2D eigenvalue weighted by Crippen LogP contribution is 2.51. The Labute approximate surface area is 275 Å². The van der Waals surface area contributed by atoms with Gasteiger partial charge in [0.05, 0.1) is 17.0 Å². The Morgan fingerprint density at radius 3 is 1.41 bits per heavy atom. The predicted octanol–water partition coefficient (Wildman–Crippen LogP) is 9.07. The lowest BCUT2D eigenvalue weighted by Crippen LogP contribution is -2.05. The minimum absolute atomic E-state index is 0.0752. The molecule has 0 unspecified atom stereocenters. The van der Waals surface area contributed by atoms with E-state index in [-0.39, 0.29) is 61.8 Å². The van der Waals surface area contributed by atoms with Gasteiger partial charge in [-0.2, -0.15) is 34.2 Å². The van der Waals surface area contributed by atoms with E-state index in [4.69, 9.17) is 9.97 Å². The van der Waals surface area contributed by atoms with Gasteiger partial charge in [0.1, 0.15) is 58.4 Å². The molecule has 49 heavy (non-hydrogen) atoms. The van der Waals surface area contributed by atoms with Crippen LogP contribution in [0.4, 0.5) is 22.0 Å². The molecule has 11 heteroatoms. The number of nitriles is 4. The number of aryl methyl sites for hydroxylation is 1. The highest BCUT2D eigenvalue weighted by Gasteiger charge is 2.37. The first kappa shape index (κ1) is 30.7. The molecule has 232 valence electrons. The molecule has 0 spiro atoms. The summed E-state index contributed by atoms with van der Waals surface area (Å²) in [6, 6.07) is 23.8. The topological polar surface area (TPSA) is 121 Å². The zero-order valence-corrected chi connectivity index (χ0v) is 25.0. The van der Waals surface area contributed by atoms with E-state index in [1.165, 1.54) is 30.3 Å². The second-order valence-electron chi connectivity index (χ2n) is 11.3. The number of hydrogen-bond donors (Lipinski definition) is 0. The van der Waals surface area contributed by atoms with Crippen LogP contribution >= 0.6 is 0 Å². The number of rotatable bonds is 2. The van der Waals surface area contributed by atoms with Crippen molar-refractivity contribution in [3.63, 3.8) is 0 Å². The molecule has 7 rings (SSSR count). The summed E-state index contributed by atoms with van der Waals surface area (Å²) in [5, 5.41) is 39.8.